The number of benzene rings is 1. The fraction of sp³-hybridized carbons (Fsp3) is 0.500. The molecular weight excluding hydrogens is 216 g/mol. The number of carbonyl (C=O) groups is 1. The highest BCUT2D eigenvalue weighted by atomic mass is 16.5. The Hall–Kier alpha value is -1.35. The summed E-state index contributed by atoms with van der Waals surface area (Å²) in [5.41, 5.74) is 1.11. The second kappa shape index (κ2) is 7.07. The molecular formula is C14H20O3. The van der Waals surface area contributed by atoms with Gasteiger partial charge in [-0.25, -0.2) is 4.79 Å². The molecule has 0 aliphatic rings. The summed E-state index contributed by atoms with van der Waals surface area (Å²) >= 11 is 0. The van der Waals surface area contributed by atoms with Crippen LogP contribution in [-0.4, -0.2) is 23.8 Å². The second-order valence-electron chi connectivity index (χ2n) is 4.56. The molecule has 1 aromatic rings. The first-order chi connectivity index (χ1) is 8.09. The average Bonchev–Trinajstić information content (AvgIpc) is 2.34. The molecule has 1 aromatic carbocycles. The predicted octanol–water partition coefficient (Wildman–Crippen LogP) is 2.18. The molecule has 0 spiro atoms. The van der Waals surface area contributed by atoms with E-state index in [-0.39, 0.29) is 0 Å². The van der Waals surface area contributed by atoms with Crippen molar-refractivity contribution < 1.29 is 14.6 Å². The van der Waals surface area contributed by atoms with E-state index in [0.717, 1.165) is 5.56 Å². The van der Waals surface area contributed by atoms with Crippen LogP contribution in [0.25, 0.3) is 0 Å². The quantitative estimate of drug-likeness (QED) is 0.770. The third kappa shape index (κ3) is 5.50. The Balaban J connectivity index is 2.29. The van der Waals surface area contributed by atoms with Gasteiger partial charge in [-0.2, -0.15) is 0 Å². The monoisotopic (exact) mass is 236 g/mol. The standard InChI is InChI=1S/C14H20O3/c1-11(2)10-17-14(16)13(15)9-8-12-6-4-3-5-7-12/h3-7,11,13,15H,8-10H2,1-2H3. The lowest BCUT2D eigenvalue weighted by atomic mass is 10.1. The van der Waals surface area contributed by atoms with E-state index in [1.807, 2.05) is 44.2 Å². The van der Waals surface area contributed by atoms with Gasteiger partial charge < -0.3 is 9.84 Å². The van der Waals surface area contributed by atoms with Crippen LogP contribution in [-0.2, 0) is 16.0 Å². The zero-order chi connectivity index (χ0) is 12.7. The maximum absolute atomic E-state index is 11.4. The Morgan fingerprint density at radius 3 is 2.53 bits per heavy atom. The number of hydrogen-bond acceptors (Lipinski definition) is 3. The smallest absolute Gasteiger partial charge is 0.334 e. The predicted molar refractivity (Wildman–Crippen MR) is 66.6 cm³/mol. The van der Waals surface area contributed by atoms with Gasteiger partial charge >= 0.3 is 5.97 Å². The molecule has 3 heteroatoms. The first-order valence-corrected chi connectivity index (χ1v) is 5.98. The lowest BCUT2D eigenvalue weighted by molar-refractivity contribution is -0.154. The zero-order valence-electron chi connectivity index (χ0n) is 10.4. The summed E-state index contributed by atoms with van der Waals surface area (Å²) in [7, 11) is 0. The lowest BCUT2D eigenvalue weighted by Crippen LogP contribution is -2.25. The molecule has 0 aliphatic heterocycles. The van der Waals surface area contributed by atoms with Gasteiger partial charge in [-0.1, -0.05) is 44.2 Å². The van der Waals surface area contributed by atoms with Crippen molar-refractivity contribution in [3.8, 4) is 0 Å². The van der Waals surface area contributed by atoms with Crippen LogP contribution in [0.1, 0.15) is 25.8 Å². The number of carbonyl (C=O) groups excluding carboxylic acids is 1. The Morgan fingerprint density at radius 2 is 1.94 bits per heavy atom. The van der Waals surface area contributed by atoms with Gasteiger partial charge in [0.2, 0.25) is 0 Å². The largest absolute Gasteiger partial charge is 0.464 e. The average molecular weight is 236 g/mol. The topological polar surface area (TPSA) is 46.5 Å². The van der Waals surface area contributed by atoms with Crippen molar-refractivity contribution >= 4 is 5.97 Å². The van der Waals surface area contributed by atoms with Crippen LogP contribution in [0.3, 0.4) is 0 Å². The van der Waals surface area contributed by atoms with Gasteiger partial charge in [-0.15, -0.1) is 0 Å². The van der Waals surface area contributed by atoms with E-state index < -0.39 is 12.1 Å². The maximum Gasteiger partial charge on any atom is 0.334 e. The molecule has 0 saturated carbocycles. The molecule has 94 valence electrons. The van der Waals surface area contributed by atoms with E-state index in [1.54, 1.807) is 0 Å². The number of esters is 1. The van der Waals surface area contributed by atoms with Crippen molar-refractivity contribution in [3.05, 3.63) is 35.9 Å². The number of aryl methyl sites for hydroxylation is 1. The van der Waals surface area contributed by atoms with Crippen molar-refractivity contribution in [1.82, 2.24) is 0 Å². The summed E-state index contributed by atoms with van der Waals surface area (Å²) in [6.07, 6.45) is 0.0636. The van der Waals surface area contributed by atoms with Crippen molar-refractivity contribution in [3.63, 3.8) is 0 Å². The minimum Gasteiger partial charge on any atom is -0.464 e. The summed E-state index contributed by atoms with van der Waals surface area (Å²) in [4.78, 5) is 11.4. The van der Waals surface area contributed by atoms with Gasteiger partial charge in [-0.05, 0) is 24.3 Å². The van der Waals surface area contributed by atoms with E-state index in [4.69, 9.17) is 4.74 Å². The van der Waals surface area contributed by atoms with Crippen LogP contribution in [0.5, 0.6) is 0 Å². The summed E-state index contributed by atoms with van der Waals surface area (Å²) in [5, 5.41) is 9.62. The van der Waals surface area contributed by atoms with Gasteiger partial charge in [0.1, 0.15) is 0 Å². The molecule has 1 unspecified atom stereocenters. The van der Waals surface area contributed by atoms with Crippen LogP contribution in [0, 0.1) is 5.92 Å². The molecule has 1 atom stereocenters. The molecule has 0 fully saturated rings. The van der Waals surface area contributed by atoms with Crippen molar-refractivity contribution in [2.75, 3.05) is 6.61 Å². The van der Waals surface area contributed by atoms with Crippen LogP contribution in [0.15, 0.2) is 30.3 Å². The molecule has 0 amide bonds. The summed E-state index contributed by atoms with van der Waals surface area (Å²) < 4.78 is 4.96. The molecule has 17 heavy (non-hydrogen) atoms. The molecule has 0 saturated heterocycles. The Labute approximate surface area is 102 Å². The highest BCUT2D eigenvalue weighted by Crippen LogP contribution is 2.06. The lowest BCUT2D eigenvalue weighted by Gasteiger charge is -2.12. The zero-order valence-corrected chi connectivity index (χ0v) is 10.4. The van der Waals surface area contributed by atoms with E-state index in [9.17, 15) is 9.90 Å². The number of aliphatic hydroxyl groups is 1. The van der Waals surface area contributed by atoms with Gasteiger partial charge in [0.25, 0.3) is 0 Å². The van der Waals surface area contributed by atoms with Crippen molar-refractivity contribution in [2.45, 2.75) is 32.8 Å². The highest BCUT2D eigenvalue weighted by Gasteiger charge is 2.16. The number of hydrogen-bond donors (Lipinski definition) is 1. The minimum absolute atomic E-state index is 0.292. The summed E-state index contributed by atoms with van der Waals surface area (Å²) in [5.74, 6) is -0.227. The van der Waals surface area contributed by atoms with Gasteiger partial charge in [0.15, 0.2) is 6.10 Å². The normalized spacial score (nSPS) is 12.5. The van der Waals surface area contributed by atoms with Crippen molar-refractivity contribution in [2.24, 2.45) is 5.92 Å². The van der Waals surface area contributed by atoms with Crippen molar-refractivity contribution in [1.29, 1.82) is 0 Å². The molecule has 1 N–H and O–H groups in total. The van der Waals surface area contributed by atoms with Crippen LogP contribution in [0.2, 0.25) is 0 Å². The van der Waals surface area contributed by atoms with E-state index >= 15 is 0 Å². The van der Waals surface area contributed by atoms with E-state index in [0.29, 0.717) is 25.4 Å². The van der Waals surface area contributed by atoms with Crippen LogP contribution >= 0.6 is 0 Å². The van der Waals surface area contributed by atoms with E-state index in [1.165, 1.54) is 0 Å². The molecule has 3 nitrogen and oxygen atoms in total. The molecule has 0 aliphatic carbocycles. The van der Waals surface area contributed by atoms with Crippen LogP contribution < -0.4 is 0 Å². The Bertz CT molecular complexity index is 333. The minimum atomic E-state index is -1.02. The molecule has 0 radical (unpaired) electrons. The van der Waals surface area contributed by atoms with Gasteiger partial charge in [0.05, 0.1) is 6.61 Å². The maximum atomic E-state index is 11.4. The highest BCUT2D eigenvalue weighted by molar-refractivity contribution is 5.74. The molecule has 0 aromatic heterocycles. The molecule has 1 rings (SSSR count). The summed E-state index contributed by atoms with van der Waals surface area (Å²) in [6.45, 7) is 4.29. The third-order valence-electron chi connectivity index (χ3n) is 2.38. The second-order valence-corrected chi connectivity index (χ2v) is 4.56. The molecule has 0 heterocycles. The Morgan fingerprint density at radius 1 is 1.29 bits per heavy atom. The SMILES string of the molecule is CC(C)COC(=O)C(O)CCc1ccccc1. The first-order valence-electron chi connectivity index (χ1n) is 5.98. The molecule has 0 bridgehead atoms. The van der Waals surface area contributed by atoms with Gasteiger partial charge in [-0.3, -0.25) is 0 Å². The number of ether oxygens (including phenoxy) is 1. The first kappa shape index (κ1) is 13.7. The van der Waals surface area contributed by atoms with Crippen LogP contribution in [0.4, 0.5) is 0 Å². The fourth-order valence-electron chi connectivity index (χ4n) is 1.41. The Kier molecular flexibility index (Phi) is 5.70. The van der Waals surface area contributed by atoms with Gasteiger partial charge in [0, 0.05) is 0 Å². The third-order valence-corrected chi connectivity index (χ3v) is 2.38. The number of aliphatic hydroxyl groups excluding tert-OH is 1. The summed E-state index contributed by atoms with van der Waals surface area (Å²) in [6, 6.07) is 9.78. The number of rotatable bonds is 6. The fourth-order valence-corrected chi connectivity index (χ4v) is 1.41. The van der Waals surface area contributed by atoms with E-state index in [2.05, 4.69) is 0 Å².